The highest BCUT2D eigenvalue weighted by molar-refractivity contribution is 6.28. The first-order valence-electron chi connectivity index (χ1n) is 7.55. The predicted molar refractivity (Wildman–Crippen MR) is 88.2 cm³/mol. The van der Waals surface area contributed by atoms with Gasteiger partial charge in [0, 0.05) is 44.5 Å². The van der Waals surface area contributed by atoms with Gasteiger partial charge in [0.25, 0.3) is 0 Å². The molecule has 0 aliphatic carbocycles. The monoisotopic (exact) mass is 320 g/mol. The van der Waals surface area contributed by atoms with Crippen LogP contribution in [-0.4, -0.2) is 43.1 Å². The molecule has 118 valence electrons. The van der Waals surface area contributed by atoms with E-state index in [2.05, 4.69) is 33.2 Å². The molecule has 0 radical (unpaired) electrons. The van der Waals surface area contributed by atoms with E-state index in [4.69, 9.17) is 16.0 Å². The highest BCUT2D eigenvalue weighted by atomic mass is 35.5. The number of rotatable bonds is 5. The van der Waals surface area contributed by atoms with Crippen LogP contribution in [0.15, 0.2) is 34.9 Å². The lowest BCUT2D eigenvalue weighted by molar-refractivity contribution is 0.311. The second-order valence-electron chi connectivity index (χ2n) is 5.59. The standard InChI is InChI=1S/C16H21ClN4O/c1-20-7-9-21(10-8-20)16-13(3-2-6-19-16)11-18-12-14-4-5-15(17)22-14/h2-6,18H,7-12H2,1H3. The van der Waals surface area contributed by atoms with Crippen LogP contribution in [0, 0.1) is 0 Å². The molecule has 1 fully saturated rings. The number of nitrogens with zero attached hydrogens (tertiary/aromatic N) is 3. The Morgan fingerprint density at radius 3 is 2.73 bits per heavy atom. The molecule has 0 atom stereocenters. The molecule has 1 saturated heterocycles. The third-order valence-corrected chi connectivity index (χ3v) is 4.12. The lowest BCUT2D eigenvalue weighted by atomic mass is 10.2. The number of anilines is 1. The summed E-state index contributed by atoms with van der Waals surface area (Å²) in [5, 5.41) is 3.82. The molecule has 2 aromatic heterocycles. The molecule has 1 aliphatic rings. The van der Waals surface area contributed by atoms with Crippen LogP contribution in [0.2, 0.25) is 5.22 Å². The Hall–Kier alpha value is -1.56. The summed E-state index contributed by atoms with van der Waals surface area (Å²) in [7, 11) is 2.16. The van der Waals surface area contributed by atoms with Crippen LogP contribution in [0.1, 0.15) is 11.3 Å². The van der Waals surface area contributed by atoms with E-state index in [1.165, 1.54) is 5.56 Å². The molecule has 6 heteroatoms. The molecule has 0 saturated carbocycles. The van der Waals surface area contributed by atoms with Crippen molar-refractivity contribution < 1.29 is 4.42 Å². The summed E-state index contributed by atoms with van der Waals surface area (Å²) in [6.07, 6.45) is 1.86. The topological polar surface area (TPSA) is 44.5 Å². The zero-order chi connectivity index (χ0) is 15.4. The minimum atomic E-state index is 0.427. The van der Waals surface area contributed by atoms with E-state index in [1.54, 1.807) is 6.07 Å². The Balaban J connectivity index is 1.61. The molecule has 0 aromatic carbocycles. The normalized spacial score (nSPS) is 16.2. The van der Waals surface area contributed by atoms with Gasteiger partial charge in [0.05, 0.1) is 6.54 Å². The number of piperazine rings is 1. The zero-order valence-electron chi connectivity index (χ0n) is 12.8. The molecule has 0 bridgehead atoms. The summed E-state index contributed by atoms with van der Waals surface area (Å²) in [4.78, 5) is 9.29. The summed E-state index contributed by atoms with van der Waals surface area (Å²) in [6.45, 7) is 5.61. The maximum atomic E-state index is 5.78. The van der Waals surface area contributed by atoms with Crippen LogP contribution in [0.5, 0.6) is 0 Å². The van der Waals surface area contributed by atoms with Gasteiger partial charge in [-0.25, -0.2) is 4.98 Å². The van der Waals surface area contributed by atoms with Gasteiger partial charge in [0.15, 0.2) is 5.22 Å². The van der Waals surface area contributed by atoms with Crippen LogP contribution in [0.3, 0.4) is 0 Å². The molecule has 0 amide bonds. The Labute approximate surface area is 135 Å². The zero-order valence-corrected chi connectivity index (χ0v) is 13.5. The van der Waals surface area contributed by atoms with Gasteiger partial charge in [-0.1, -0.05) is 6.07 Å². The molecule has 3 rings (SSSR count). The van der Waals surface area contributed by atoms with Crippen molar-refractivity contribution in [1.29, 1.82) is 0 Å². The van der Waals surface area contributed by atoms with E-state index in [0.717, 1.165) is 44.3 Å². The van der Waals surface area contributed by atoms with Crippen molar-refractivity contribution in [2.45, 2.75) is 13.1 Å². The lowest BCUT2D eigenvalue weighted by Gasteiger charge is -2.34. The average Bonchev–Trinajstić information content (AvgIpc) is 2.94. The largest absolute Gasteiger partial charge is 0.448 e. The first-order chi connectivity index (χ1) is 10.7. The second-order valence-corrected chi connectivity index (χ2v) is 5.96. The van der Waals surface area contributed by atoms with E-state index in [9.17, 15) is 0 Å². The van der Waals surface area contributed by atoms with Gasteiger partial charge in [-0.3, -0.25) is 0 Å². The molecule has 0 unspecified atom stereocenters. The number of furan rings is 1. The smallest absolute Gasteiger partial charge is 0.193 e. The summed E-state index contributed by atoms with van der Waals surface area (Å²) in [6, 6.07) is 7.77. The number of halogens is 1. The highest BCUT2D eigenvalue weighted by Gasteiger charge is 2.17. The SMILES string of the molecule is CN1CCN(c2ncccc2CNCc2ccc(Cl)o2)CC1. The van der Waals surface area contributed by atoms with Crippen molar-refractivity contribution in [3.8, 4) is 0 Å². The predicted octanol–water partition coefficient (Wildman–Crippen LogP) is 2.37. The molecule has 22 heavy (non-hydrogen) atoms. The fourth-order valence-electron chi connectivity index (χ4n) is 2.64. The highest BCUT2D eigenvalue weighted by Crippen LogP contribution is 2.19. The lowest BCUT2D eigenvalue weighted by Crippen LogP contribution is -2.45. The van der Waals surface area contributed by atoms with Gasteiger partial charge in [0.2, 0.25) is 0 Å². The number of pyridine rings is 1. The minimum Gasteiger partial charge on any atom is -0.448 e. The first-order valence-corrected chi connectivity index (χ1v) is 7.92. The van der Waals surface area contributed by atoms with Gasteiger partial charge in [0.1, 0.15) is 11.6 Å². The van der Waals surface area contributed by atoms with Gasteiger partial charge in [-0.15, -0.1) is 0 Å². The van der Waals surface area contributed by atoms with Crippen LogP contribution in [0.4, 0.5) is 5.82 Å². The Morgan fingerprint density at radius 1 is 1.18 bits per heavy atom. The minimum absolute atomic E-state index is 0.427. The molecule has 1 N–H and O–H groups in total. The molecule has 2 aromatic rings. The van der Waals surface area contributed by atoms with Gasteiger partial charge in [-0.2, -0.15) is 0 Å². The number of likely N-dealkylation sites (N-methyl/N-ethyl adjacent to an activating group) is 1. The maximum Gasteiger partial charge on any atom is 0.193 e. The van der Waals surface area contributed by atoms with E-state index in [-0.39, 0.29) is 0 Å². The van der Waals surface area contributed by atoms with Crippen molar-refractivity contribution in [3.05, 3.63) is 47.0 Å². The Morgan fingerprint density at radius 2 is 2.00 bits per heavy atom. The molecular formula is C16H21ClN4O. The Kier molecular flexibility index (Phi) is 4.97. The molecular weight excluding hydrogens is 300 g/mol. The van der Waals surface area contributed by atoms with Crippen LogP contribution < -0.4 is 10.2 Å². The van der Waals surface area contributed by atoms with E-state index in [0.29, 0.717) is 11.8 Å². The number of nitrogens with one attached hydrogen (secondary N) is 1. The Bertz CT molecular complexity index is 608. The fourth-order valence-corrected chi connectivity index (χ4v) is 2.80. The van der Waals surface area contributed by atoms with Gasteiger partial charge < -0.3 is 19.5 Å². The third-order valence-electron chi connectivity index (χ3n) is 3.91. The van der Waals surface area contributed by atoms with Crippen molar-refractivity contribution in [2.75, 3.05) is 38.1 Å². The third kappa shape index (κ3) is 3.80. The summed E-state index contributed by atoms with van der Waals surface area (Å²) in [5.41, 5.74) is 1.21. The van der Waals surface area contributed by atoms with Crippen molar-refractivity contribution in [1.82, 2.24) is 15.2 Å². The van der Waals surface area contributed by atoms with Gasteiger partial charge >= 0.3 is 0 Å². The number of hydrogen-bond donors (Lipinski definition) is 1. The van der Waals surface area contributed by atoms with E-state index >= 15 is 0 Å². The van der Waals surface area contributed by atoms with Crippen LogP contribution in [-0.2, 0) is 13.1 Å². The second kappa shape index (κ2) is 7.13. The van der Waals surface area contributed by atoms with Crippen LogP contribution in [0.25, 0.3) is 0 Å². The molecule has 3 heterocycles. The van der Waals surface area contributed by atoms with E-state index < -0.39 is 0 Å². The first kappa shape index (κ1) is 15.3. The summed E-state index contributed by atoms with van der Waals surface area (Å²) < 4.78 is 5.35. The van der Waals surface area contributed by atoms with Crippen molar-refractivity contribution in [3.63, 3.8) is 0 Å². The number of hydrogen-bond acceptors (Lipinski definition) is 5. The number of aromatic nitrogens is 1. The maximum absolute atomic E-state index is 5.78. The van der Waals surface area contributed by atoms with Crippen molar-refractivity contribution >= 4 is 17.4 Å². The quantitative estimate of drug-likeness (QED) is 0.916. The molecule has 1 aliphatic heterocycles. The summed E-state index contributed by atoms with van der Waals surface area (Å²) >= 11 is 5.78. The fraction of sp³-hybridized carbons (Fsp3) is 0.438. The van der Waals surface area contributed by atoms with Crippen molar-refractivity contribution in [2.24, 2.45) is 0 Å². The molecule has 0 spiro atoms. The van der Waals surface area contributed by atoms with E-state index in [1.807, 2.05) is 18.3 Å². The summed E-state index contributed by atoms with van der Waals surface area (Å²) in [5.74, 6) is 1.93. The molecule has 5 nitrogen and oxygen atoms in total. The van der Waals surface area contributed by atoms with Gasteiger partial charge in [-0.05, 0) is 36.8 Å². The average molecular weight is 321 g/mol. The van der Waals surface area contributed by atoms with Crippen LogP contribution >= 0.6 is 11.6 Å².